The molecule has 1 saturated heterocycles. The summed E-state index contributed by atoms with van der Waals surface area (Å²) in [6.07, 6.45) is 0. The fraction of sp³-hybridized carbons (Fsp3) is 0.400. The topological polar surface area (TPSA) is 31.4 Å². The highest BCUT2D eigenvalue weighted by atomic mass is 16.7. The van der Waals surface area contributed by atoms with Crippen LogP contribution < -0.4 is 11.1 Å². The molecule has 0 N–H and O–H groups in total. The van der Waals surface area contributed by atoms with Gasteiger partial charge in [0, 0.05) is 0 Å². The number of benzene rings is 1. The average Bonchev–Trinajstić information content (AvgIpc) is 2.57. The predicted molar refractivity (Wildman–Crippen MR) is 85.6 cm³/mol. The van der Waals surface area contributed by atoms with Gasteiger partial charge in [-0.1, -0.05) is 24.3 Å². The molecule has 0 bridgehead atoms. The molecule has 5 heteroatoms. The highest BCUT2D eigenvalue weighted by Crippen LogP contribution is 2.36. The molecule has 0 saturated carbocycles. The van der Waals surface area contributed by atoms with Crippen molar-refractivity contribution < 1.29 is 9.31 Å². The second-order valence-corrected chi connectivity index (χ2v) is 6.45. The van der Waals surface area contributed by atoms with Crippen LogP contribution in [-0.4, -0.2) is 31.2 Å². The third-order valence-corrected chi connectivity index (χ3v) is 4.41. The van der Waals surface area contributed by atoms with Crippen molar-refractivity contribution in [3.8, 4) is 0 Å². The van der Waals surface area contributed by atoms with E-state index in [2.05, 4.69) is 44.8 Å². The third kappa shape index (κ3) is 2.05. The van der Waals surface area contributed by atoms with Gasteiger partial charge in [0.1, 0.15) is 0 Å². The summed E-state index contributed by atoms with van der Waals surface area (Å²) in [6.45, 7) is 8.28. The van der Waals surface area contributed by atoms with Crippen molar-refractivity contribution in [2.24, 2.45) is 0 Å². The summed E-state index contributed by atoms with van der Waals surface area (Å²) in [5.74, 6) is 0. The number of rotatable bonds is 1. The minimum atomic E-state index is -0.340. The Hall–Kier alpha value is -1.32. The molecule has 0 radical (unpaired) electrons. The number of hydrogen-bond donors (Lipinski definition) is 0. The number of aromatic nitrogens is 1. The Labute approximate surface area is 121 Å². The van der Waals surface area contributed by atoms with Gasteiger partial charge >= 0.3 is 7.12 Å². The van der Waals surface area contributed by atoms with Crippen LogP contribution in [0.5, 0.6) is 0 Å². The van der Waals surface area contributed by atoms with Gasteiger partial charge in [-0.05, 0) is 50.2 Å². The summed E-state index contributed by atoms with van der Waals surface area (Å²) in [5, 5.41) is 1.09. The summed E-state index contributed by atoms with van der Waals surface area (Å²) in [7, 11) is 1.66. The lowest BCUT2D eigenvalue weighted by Crippen LogP contribution is -2.41. The van der Waals surface area contributed by atoms with Gasteiger partial charge < -0.3 is 9.31 Å². The fourth-order valence-electron chi connectivity index (χ4n) is 2.46. The van der Waals surface area contributed by atoms with Gasteiger partial charge in [0.05, 0.1) is 16.7 Å². The fourth-order valence-corrected chi connectivity index (χ4v) is 2.46. The Morgan fingerprint density at radius 1 is 1.00 bits per heavy atom. The second-order valence-electron chi connectivity index (χ2n) is 6.45. The summed E-state index contributed by atoms with van der Waals surface area (Å²) in [6, 6.07) is 10.2. The highest BCUT2D eigenvalue weighted by molar-refractivity contribution is 6.65. The van der Waals surface area contributed by atoms with Gasteiger partial charge in [-0.2, -0.15) is 0 Å². The lowest BCUT2D eigenvalue weighted by molar-refractivity contribution is 0.00578. The van der Waals surface area contributed by atoms with Crippen LogP contribution in [0.4, 0.5) is 0 Å². The molecule has 1 aliphatic heterocycles. The zero-order valence-electron chi connectivity index (χ0n) is 12.7. The number of hydrogen-bond acceptors (Lipinski definition) is 3. The van der Waals surface area contributed by atoms with E-state index in [1.807, 2.05) is 26.0 Å². The molecular formula is C15H19B2NO2. The molecular weight excluding hydrogens is 248 g/mol. The zero-order chi connectivity index (χ0) is 14.5. The lowest BCUT2D eigenvalue weighted by Gasteiger charge is -2.32. The lowest BCUT2D eigenvalue weighted by atomic mass is 9.76. The molecule has 1 aromatic carbocycles. The molecule has 20 heavy (non-hydrogen) atoms. The summed E-state index contributed by atoms with van der Waals surface area (Å²) < 4.78 is 12.3. The maximum atomic E-state index is 6.14. The molecule has 0 atom stereocenters. The average molecular weight is 267 g/mol. The standard InChI is InChI=1S/C15H19B2NO2/c1-14(2)15(3,4)20-17(19-14)11-6-5-7-12-10(11)8-9-13(16)18-12/h5-9H,16H2,1-4H3. The van der Waals surface area contributed by atoms with E-state index in [1.165, 1.54) is 0 Å². The van der Waals surface area contributed by atoms with Gasteiger partial charge in [0.25, 0.3) is 0 Å². The number of nitrogens with zero attached hydrogens (tertiary/aromatic N) is 1. The maximum Gasteiger partial charge on any atom is 0.495 e. The Bertz CT molecular complexity index is 654. The van der Waals surface area contributed by atoms with Crippen LogP contribution in [0.15, 0.2) is 30.3 Å². The minimum Gasteiger partial charge on any atom is -0.399 e. The highest BCUT2D eigenvalue weighted by Gasteiger charge is 2.52. The van der Waals surface area contributed by atoms with Crippen LogP contribution >= 0.6 is 0 Å². The third-order valence-electron chi connectivity index (χ3n) is 4.41. The molecule has 0 aliphatic carbocycles. The van der Waals surface area contributed by atoms with Crippen LogP contribution in [-0.2, 0) is 9.31 Å². The van der Waals surface area contributed by atoms with Gasteiger partial charge in [-0.15, -0.1) is 0 Å². The van der Waals surface area contributed by atoms with Crippen LogP contribution in [0.3, 0.4) is 0 Å². The van der Waals surface area contributed by atoms with Crippen LogP contribution in [0, 0.1) is 0 Å². The first-order valence-corrected chi connectivity index (χ1v) is 7.02. The first-order valence-electron chi connectivity index (χ1n) is 7.02. The molecule has 1 aliphatic rings. The number of pyridine rings is 1. The summed E-state index contributed by atoms with van der Waals surface area (Å²) in [4.78, 5) is 4.57. The normalized spacial score (nSPS) is 20.5. The monoisotopic (exact) mass is 267 g/mol. The van der Waals surface area contributed by atoms with Crippen molar-refractivity contribution >= 4 is 36.9 Å². The minimum absolute atomic E-state index is 0.321. The van der Waals surface area contributed by atoms with Gasteiger partial charge in [-0.3, -0.25) is 4.98 Å². The molecule has 0 unspecified atom stereocenters. The van der Waals surface area contributed by atoms with E-state index in [0.717, 1.165) is 22.0 Å². The first kappa shape index (κ1) is 13.7. The smallest absolute Gasteiger partial charge is 0.399 e. The van der Waals surface area contributed by atoms with Crippen molar-refractivity contribution in [2.75, 3.05) is 0 Å². The van der Waals surface area contributed by atoms with Crippen LogP contribution in [0.25, 0.3) is 10.9 Å². The van der Waals surface area contributed by atoms with E-state index in [4.69, 9.17) is 9.31 Å². The molecule has 1 fully saturated rings. The molecule has 0 spiro atoms. The molecule has 2 heterocycles. The van der Waals surface area contributed by atoms with E-state index in [1.54, 1.807) is 0 Å². The quantitative estimate of drug-likeness (QED) is 0.716. The molecule has 3 rings (SSSR count). The van der Waals surface area contributed by atoms with Gasteiger partial charge in [-0.25, -0.2) is 0 Å². The predicted octanol–water partition coefficient (Wildman–Crippen LogP) is 0.792. The van der Waals surface area contributed by atoms with Gasteiger partial charge in [0.2, 0.25) is 0 Å². The van der Waals surface area contributed by atoms with Crippen molar-refractivity contribution in [2.45, 2.75) is 38.9 Å². The largest absolute Gasteiger partial charge is 0.495 e. The maximum absolute atomic E-state index is 6.14. The molecule has 102 valence electrons. The molecule has 0 amide bonds. The van der Waals surface area contributed by atoms with E-state index >= 15 is 0 Å². The van der Waals surface area contributed by atoms with E-state index < -0.39 is 0 Å². The van der Waals surface area contributed by atoms with Crippen LogP contribution in [0.2, 0.25) is 0 Å². The Morgan fingerprint density at radius 3 is 2.30 bits per heavy atom. The summed E-state index contributed by atoms with van der Waals surface area (Å²) in [5.41, 5.74) is 2.41. The Kier molecular flexibility index (Phi) is 2.96. The van der Waals surface area contributed by atoms with Crippen molar-refractivity contribution in [1.82, 2.24) is 4.98 Å². The van der Waals surface area contributed by atoms with Crippen molar-refractivity contribution in [3.05, 3.63) is 30.3 Å². The van der Waals surface area contributed by atoms with E-state index in [-0.39, 0.29) is 18.3 Å². The van der Waals surface area contributed by atoms with Crippen molar-refractivity contribution in [3.63, 3.8) is 0 Å². The molecule has 2 aromatic rings. The van der Waals surface area contributed by atoms with Crippen molar-refractivity contribution in [1.29, 1.82) is 0 Å². The van der Waals surface area contributed by atoms with E-state index in [9.17, 15) is 0 Å². The number of fused-ring (bicyclic) bond motifs is 1. The summed E-state index contributed by atoms with van der Waals surface area (Å²) >= 11 is 0. The second kappa shape index (κ2) is 4.34. The Balaban J connectivity index is 2.08. The molecule has 3 nitrogen and oxygen atoms in total. The zero-order valence-corrected chi connectivity index (χ0v) is 12.7. The Morgan fingerprint density at radius 2 is 1.65 bits per heavy atom. The van der Waals surface area contributed by atoms with Gasteiger partial charge in [0.15, 0.2) is 7.85 Å². The van der Waals surface area contributed by atoms with E-state index in [0.29, 0.717) is 0 Å². The first-order chi connectivity index (χ1) is 9.30. The van der Waals surface area contributed by atoms with Crippen LogP contribution in [0.1, 0.15) is 27.7 Å². The molecule has 1 aromatic heterocycles. The SMILES string of the molecule is Bc1ccc2c(B3OC(C)(C)C(C)(C)O3)cccc2n1.